The van der Waals surface area contributed by atoms with Crippen molar-refractivity contribution in [3.63, 3.8) is 0 Å². The van der Waals surface area contributed by atoms with E-state index in [2.05, 4.69) is 20.9 Å². The summed E-state index contributed by atoms with van der Waals surface area (Å²) in [5.74, 6) is -12.5. The quantitative estimate of drug-likeness (QED) is 0.0231. The Morgan fingerprint density at radius 2 is 1.30 bits per heavy atom. The Bertz CT molecular complexity index is 1770. The predicted octanol–water partition coefficient (Wildman–Crippen LogP) is -1.16. The molecule has 21 heteroatoms. The Morgan fingerprint density at radius 1 is 0.714 bits per heavy atom. The molecule has 21 nitrogen and oxygen atoms in total. The number of nitrogens with one attached hydrogen (secondary N) is 3. The van der Waals surface area contributed by atoms with E-state index in [0.717, 1.165) is 0 Å². The highest BCUT2D eigenvalue weighted by Crippen LogP contribution is 2.24. The number of carboxylic acid groups (broad SMARTS) is 1. The molecule has 1 aromatic rings. The molecule has 0 bridgehead atoms. The summed E-state index contributed by atoms with van der Waals surface area (Å²) in [4.78, 5) is 121. The van der Waals surface area contributed by atoms with Crippen LogP contribution >= 0.6 is 0 Å². The van der Waals surface area contributed by atoms with Crippen molar-refractivity contribution in [3.8, 4) is 5.75 Å². The van der Waals surface area contributed by atoms with E-state index in [4.69, 9.17) is 22.9 Å². The van der Waals surface area contributed by atoms with Crippen molar-refractivity contribution in [1.82, 2.24) is 16.0 Å². The molecular formula is C42H66N8O13. The monoisotopic (exact) mass is 890 g/mol. The zero-order valence-electron chi connectivity index (χ0n) is 36.4. The predicted molar refractivity (Wildman–Crippen MR) is 229 cm³/mol. The number of guanidine groups is 1. The number of nitrogens with zero attached hydrogens (tertiary/aromatic N) is 1. The molecule has 0 aromatic heterocycles. The van der Waals surface area contributed by atoms with Crippen molar-refractivity contribution in [2.24, 2.45) is 57.5 Å². The number of aliphatic hydroxyl groups excluding tert-OH is 2. The van der Waals surface area contributed by atoms with Gasteiger partial charge in [0.05, 0.1) is 18.8 Å². The first-order valence-corrected chi connectivity index (χ1v) is 20.9. The second-order valence-electron chi connectivity index (χ2n) is 16.0. The minimum Gasteiger partial charge on any atom is -0.508 e. The highest BCUT2D eigenvalue weighted by molar-refractivity contribution is 5.97. The number of phenolic OH excluding ortho intramolecular Hbond substituents is 1. The fraction of sp³-hybridized carbons (Fsp3) is 0.619. The number of amides is 5. The van der Waals surface area contributed by atoms with Gasteiger partial charge in [0.2, 0.25) is 29.5 Å². The van der Waals surface area contributed by atoms with Crippen LogP contribution in [-0.4, -0.2) is 117 Å². The lowest BCUT2D eigenvalue weighted by atomic mass is 9.83. The van der Waals surface area contributed by atoms with E-state index in [1.807, 2.05) is 0 Å². The zero-order chi connectivity index (χ0) is 48.0. The number of hydrogen-bond acceptors (Lipinski definition) is 13. The molecule has 1 aromatic carbocycles. The van der Waals surface area contributed by atoms with Crippen LogP contribution in [0.15, 0.2) is 29.3 Å². The molecule has 0 aliphatic heterocycles. The molecule has 0 heterocycles. The normalized spacial score (nSPS) is 15.4. The molecule has 0 aliphatic rings. The minimum atomic E-state index is -1.60. The molecule has 0 fully saturated rings. The molecule has 0 aliphatic carbocycles. The number of rotatable bonds is 32. The van der Waals surface area contributed by atoms with Crippen LogP contribution in [0, 0.1) is 29.6 Å². The first kappa shape index (κ1) is 55.1. The van der Waals surface area contributed by atoms with Crippen LogP contribution < -0.4 is 38.9 Å². The molecule has 63 heavy (non-hydrogen) atoms. The van der Waals surface area contributed by atoms with Gasteiger partial charge in [-0.25, -0.2) is 0 Å². The number of phenols is 1. The topological polar surface area (TPSA) is 387 Å². The van der Waals surface area contributed by atoms with E-state index in [9.17, 15) is 63.6 Å². The Kier molecular flexibility index (Phi) is 24.4. The third-order valence-corrected chi connectivity index (χ3v) is 10.8. The standard InChI is InChI=1S/C42H66N8O13/c1-5-22(2)29(20-34(56)37(24(4)52)50-39(61)26(10-15-36(58)59)18-32(54)23(3)21-51)41(63)48-30(13-14-35(43)57)33(55)19-27(17-25-8-11-28(53)12-9-25)40(62)49-31(38(44)60)7-6-16-47-42(45)46/h8-9,11-12,22-24,26-27,29-31,37,51-53H,5-7,10,13-21H2,1-4H3,(H2,43,57)(H2,44,60)(H,48,63)(H,49,62)(H,50,61)(H,58,59)(H4,45,46,47)/t22-,23-,24+,26+,27+,29-,30-,31-,37-/m0/s1. The summed E-state index contributed by atoms with van der Waals surface area (Å²) in [6.45, 7) is 5.68. The van der Waals surface area contributed by atoms with Gasteiger partial charge in [-0.3, -0.25) is 48.1 Å². The van der Waals surface area contributed by atoms with Gasteiger partial charge in [0.15, 0.2) is 17.5 Å². The molecular weight excluding hydrogens is 825 g/mol. The summed E-state index contributed by atoms with van der Waals surface area (Å²) in [5.41, 5.74) is 22.2. The van der Waals surface area contributed by atoms with Crippen LogP contribution in [0.2, 0.25) is 0 Å². The molecule has 0 unspecified atom stereocenters. The fourth-order valence-electron chi connectivity index (χ4n) is 6.61. The summed E-state index contributed by atoms with van der Waals surface area (Å²) in [5, 5.41) is 46.7. The number of hydrogen-bond donors (Lipinski definition) is 11. The molecule has 0 saturated carbocycles. The average Bonchev–Trinajstić information content (AvgIpc) is 3.21. The van der Waals surface area contributed by atoms with E-state index in [1.165, 1.54) is 38.1 Å². The molecule has 5 amide bonds. The third kappa shape index (κ3) is 20.6. The molecule has 15 N–H and O–H groups in total. The van der Waals surface area contributed by atoms with E-state index in [0.29, 0.717) is 12.0 Å². The van der Waals surface area contributed by atoms with Crippen LogP contribution in [0.25, 0.3) is 0 Å². The van der Waals surface area contributed by atoms with Gasteiger partial charge in [-0.2, -0.15) is 0 Å². The van der Waals surface area contributed by atoms with Crippen molar-refractivity contribution in [2.75, 3.05) is 13.2 Å². The van der Waals surface area contributed by atoms with Crippen LogP contribution in [0.4, 0.5) is 0 Å². The van der Waals surface area contributed by atoms with Gasteiger partial charge < -0.3 is 59.3 Å². The van der Waals surface area contributed by atoms with Crippen LogP contribution in [0.5, 0.6) is 5.75 Å². The number of aromatic hydroxyl groups is 1. The fourth-order valence-corrected chi connectivity index (χ4v) is 6.61. The van der Waals surface area contributed by atoms with Gasteiger partial charge in [0, 0.05) is 62.3 Å². The minimum absolute atomic E-state index is 0.0548. The maximum absolute atomic E-state index is 14.1. The van der Waals surface area contributed by atoms with Gasteiger partial charge >= 0.3 is 5.97 Å². The highest BCUT2D eigenvalue weighted by atomic mass is 16.4. The lowest BCUT2D eigenvalue weighted by molar-refractivity contribution is -0.140. The number of aliphatic hydroxyl groups is 2. The number of carboxylic acids is 1. The van der Waals surface area contributed by atoms with Gasteiger partial charge in [0.25, 0.3) is 0 Å². The number of aliphatic imine (C=N–C) groups is 1. The van der Waals surface area contributed by atoms with Crippen LogP contribution in [-0.2, 0) is 49.6 Å². The van der Waals surface area contributed by atoms with Crippen molar-refractivity contribution in [1.29, 1.82) is 0 Å². The molecule has 0 spiro atoms. The first-order chi connectivity index (χ1) is 29.5. The SMILES string of the molecule is CC[C@H](C)[C@H](CC(=O)[C@@H](NC(=O)[C@H](CCC(=O)O)CC(=O)[C@@H](C)CO)[C@@H](C)O)C(=O)N[C@@H](CCC(N)=O)C(=O)C[C@@H](Cc1ccc(O)cc1)C(=O)N[C@@H](CCCN=C(N)N)C(N)=O. The highest BCUT2D eigenvalue weighted by Gasteiger charge is 2.37. The number of Topliss-reactive ketones (excluding diaryl/α,β-unsaturated/α-hetero) is 3. The number of ketones is 3. The molecule has 1 rings (SSSR count). The van der Waals surface area contributed by atoms with E-state index in [-0.39, 0.29) is 56.8 Å². The van der Waals surface area contributed by atoms with Crippen molar-refractivity contribution in [2.45, 2.75) is 123 Å². The van der Waals surface area contributed by atoms with Gasteiger partial charge in [-0.05, 0) is 62.6 Å². The van der Waals surface area contributed by atoms with Gasteiger partial charge in [-0.1, -0.05) is 39.3 Å². The number of benzene rings is 1. The van der Waals surface area contributed by atoms with Gasteiger partial charge in [-0.15, -0.1) is 0 Å². The second kappa shape index (κ2) is 27.9. The summed E-state index contributed by atoms with van der Waals surface area (Å²) < 4.78 is 0. The Balaban J connectivity index is 3.46. The summed E-state index contributed by atoms with van der Waals surface area (Å²) >= 11 is 0. The van der Waals surface area contributed by atoms with Crippen molar-refractivity contribution < 1.29 is 63.6 Å². The number of nitrogens with two attached hydrogens (primary N) is 4. The van der Waals surface area contributed by atoms with Crippen molar-refractivity contribution in [3.05, 3.63) is 29.8 Å². The maximum Gasteiger partial charge on any atom is 0.303 e. The Labute approximate surface area is 366 Å². The lowest BCUT2D eigenvalue weighted by Gasteiger charge is -2.29. The maximum atomic E-state index is 14.1. The number of aliphatic carboxylic acids is 1. The van der Waals surface area contributed by atoms with E-state index < -0.39 is 139 Å². The summed E-state index contributed by atoms with van der Waals surface area (Å²) in [6.07, 6.45) is -3.87. The van der Waals surface area contributed by atoms with Crippen LogP contribution in [0.1, 0.15) is 97.5 Å². The smallest absolute Gasteiger partial charge is 0.303 e. The summed E-state index contributed by atoms with van der Waals surface area (Å²) in [6, 6.07) is 1.62. The zero-order valence-corrected chi connectivity index (χ0v) is 36.4. The second-order valence-corrected chi connectivity index (χ2v) is 16.0. The Morgan fingerprint density at radius 3 is 1.83 bits per heavy atom. The summed E-state index contributed by atoms with van der Waals surface area (Å²) in [7, 11) is 0. The third-order valence-electron chi connectivity index (χ3n) is 10.8. The largest absolute Gasteiger partial charge is 0.508 e. The number of carbonyl (C=O) groups is 9. The lowest BCUT2D eigenvalue weighted by Crippen LogP contribution is -2.52. The number of primary amides is 2. The average molecular weight is 891 g/mol. The first-order valence-electron chi connectivity index (χ1n) is 20.9. The Hall–Kier alpha value is -5.96. The van der Waals surface area contributed by atoms with E-state index in [1.54, 1.807) is 13.8 Å². The number of carbonyl (C=O) groups excluding carboxylic acids is 8. The molecule has 9 atom stereocenters. The molecule has 0 radical (unpaired) electrons. The molecule has 352 valence electrons. The van der Waals surface area contributed by atoms with E-state index >= 15 is 0 Å². The molecule has 0 saturated heterocycles. The van der Waals surface area contributed by atoms with Gasteiger partial charge in [0.1, 0.15) is 23.6 Å². The van der Waals surface area contributed by atoms with Crippen molar-refractivity contribution >= 4 is 58.8 Å². The van der Waals surface area contributed by atoms with Crippen LogP contribution in [0.3, 0.4) is 0 Å².